The molecule has 3 heteroatoms. The lowest BCUT2D eigenvalue weighted by molar-refractivity contribution is 0.104. The molecule has 0 aromatic rings. The van der Waals surface area contributed by atoms with Crippen molar-refractivity contribution < 1.29 is 10.2 Å². The molecule has 0 amide bonds. The van der Waals surface area contributed by atoms with Gasteiger partial charge in [-0.25, -0.2) is 0 Å². The Morgan fingerprint density at radius 1 is 1.36 bits per heavy atom. The minimum Gasteiger partial charge on any atom is -0.396 e. The normalized spacial score (nSPS) is 27.3. The van der Waals surface area contributed by atoms with Crippen LogP contribution in [-0.2, 0) is 0 Å². The molecule has 0 aromatic carbocycles. The maximum absolute atomic E-state index is 8.89. The summed E-state index contributed by atoms with van der Waals surface area (Å²) < 4.78 is 0. The molecule has 1 rings (SSSR count). The van der Waals surface area contributed by atoms with Crippen LogP contribution in [0.25, 0.3) is 0 Å². The third kappa shape index (κ3) is 2.77. The molecular formula is C8H17NO2. The van der Waals surface area contributed by atoms with E-state index in [1.807, 2.05) is 0 Å². The van der Waals surface area contributed by atoms with Crippen LogP contribution < -0.4 is 0 Å². The Bertz CT molecular complexity index is 106. The van der Waals surface area contributed by atoms with Crippen LogP contribution in [0.1, 0.15) is 12.8 Å². The quantitative estimate of drug-likeness (QED) is 0.593. The van der Waals surface area contributed by atoms with E-state index in [2.05, 4.69) is 4.90 Å². The number of hydrogen-bond donors (Lipinski definition) is 2. The van der Waals surface area contributed by atoms with Crippen LogP contribution in [0.5, 0.6) is 0 Å². The fraction of sp³-hybridized carbons (Fsp3) is 1.00. The van der Waals surface area contributed by atoms with Crippen molar-refractivity contribution in [1.82, 2.24) is 4.90 Å². The molecule has 0 aliphatic carbocycles. The molecule has 11 heavy (non-hydrogen) atoms. The summed E-state index contributed by atoms with van der Waals surface area (Å²) in [6.45, 7) is 3.32. The lowest BCUT2D eigenvalue weighted by atomic mass is 9.99. The Hall–Kier alpha value is -0.120. The van der Waals surface area contributed by atoms with Crippen LogP contribution in [-0.4, -0.2) is 48.0 Å². The van der Waals surface area contributed by atoms with Crippen molar-refractivity contribution in [2.24, 2.45) is 5.92 Å². The number of likely N-dealkylation sites (tertiary alicyclic amines) is 1. The second-order valence-corrected chi connectivity index (χ2v) is 3.22. The van der Waals surface area contributed by atoms with E-state index in [9.17, 15) is 0 Å². The topological polar surface area (TPSA) is 43.7 Å². The molecular weight excluding hydrogens is 142 g/mol. The fourth-order valence-corrected chi connectivity index (χ4v) is 1.64. The second kappa shape index (κ2) is 4.70. The molecule has 1 aliphatic heterocycles. The molecule has 1 saturated heterocycles. The van der Waals surface area contributed by atoms with Gasteiger partial charge in [0.2, 0.25) is 0 Å². The lowest BCUT2D eigenvalue weighted by Gasteiger charge is -2.30. The van der Waals surface area contributed by atoms with Gasteiger partial charge < -0.3 is 15.1 Å². The first-order chi connectivity index (χ1) is 5.36. The van der Waals surface area contributed by atoms with Gasteiger partial charge in [-0.2, -0.15) is 0 Å². The van der Waals surface area contributed by atoms with E-state index in [0.717, 1.165) is 32.5 Å². The van der Waals surface area contributed by atoms with E-state index < -0.39 is 0 Å². The minimum atomic E-state index is 0.234. The number of hydrogen-bond acceptors (Lipinski definition) is 3. The van der Waals surface area contributed by atoms with Gasteiger partial charge in [-0.05, 0) is 25.3 Å². The summed E-state index contributed by atoms with van der Waals surface area (Å²) in [4.78, 5) is 2.21. The molecule has 1 unspecified atom stereocenters. The number of nitrogens with zero attached hydrogens (tertiary/aromatic N) is 1. The second-order valence-electron chi connectivity index (χ2n) is 3.22. The van der Waals surface area contributed by atoms with Gasteiger partial charge in [0.25, 0.3) is 0 Å². The first-order valence-electron chi connectivity index (χ1n) is 4.31. The average Bonchev–Trinajstić information content (AvgIpc) is 2.06. The predicted octanol–water partition coefficient (Wildman–Crippen LogP) is -0.317. The first kappa shape index (κ1) is 8.97. The molecule has 66 valence electrons. The number of piperidine rings is 1. The van der Waals surface area contributed by atoms with Crippen molar-refractivity contribution in [2.45, 2.75) is 12.8 Å². The highest BCUT2D eigenvalue weighted by Crippen LogP contribution is 2.14. The van der Waals surface area contributed by atoms with Crippen LogP contribution in [0.3, 0.4) is 0 Å². The van der Waals surface area contributed by atoms with Crippen molar-refractivity contribution >= 4 is 0 Å². The molecule has 2 N–H and O–H groups in total. The van der Waals surface area contributed by atoms with Crippen molar-refractivity contribution in [3.8, 4) is 0 Å². The predicted molar refractivity (Wildman–Crippen MR) is 43.3 cm³/mol. The Labute approximate surface area is 67.6 Å². The summed E-state index contributed by atoms with van der Waals surface area (Å²) >= 11 is 0. The smallest absolute Gasteiger partial charge is 0.0558 e. The highest BCUT2D eigenvalue weighted by Gasteiger charge is 2.17. The monoisotopic (exact) mass is 159 g/mol. The summed E-state index contributed by atoms with van der Waals surface area (Å²) in [6.07, 6.45) is 2.30. The van der Waals surface area contributed by atoms with E-state index in [0.29, 0.717) is 12.5 Å². The molecule has 1 heterocycles. The van der Waals surface area contributed by atoms with E-state index in [1.54, 1.807) is 0 Å². The molecule has 0 saturated carbocycles. The van der Waals surface area contributed by atoms with Crippen molar-refractivity contribution in [2.75, 3.05) is 32.8 Å². The number of aliphatic hydroxyl groups is 2. The van der Waals surface area contributed by atoms with E-state index in [-0.39, 0.29) is 6.61 Å². The molecule has 1 aliphatic rings. The van der Waals surface area contributed by atoms with Gasteiger partial charge in [0.05, 0.1) is 6.61 Å². The average molecular weight is 159 g/mol. The molecule has 0 spiro atoms. The van der Waals surface area contributed by atoms with E-state index in [4.69, 9.17) is 10.2 Å². The maximum atomic E-state index is 8.89. The Morgan fingerprint density at radius 2 is 2.18 bits per heavy atom. The Kier molecular flexibility index (Phi) is 3.83. The van der Waals surface area contributed by atoms with Crippen molar-refractivity contribution in [3.05, 3.63) is 0 Å². The Morgan fingerprint density at radius 3 is 2.82 bits per heavy atom. The third-order valence-corrected chi connectivity index (χ3v) is 2.28. The van der Waals surface area contributed by atoms with Gasteiger partial charge in [0.1, 0.15) is 0 Å². The van der Waals surface area contributed by atoms with Crippen LogP contribution in [0.4, 0.5) is 0 Å². The molecule has 1 fully saturated rings. The van der Waals surface area contributed by atoms with Gasteiger partial charge in [-0.1, -0.05) is 0 Å². The van der Waals surface area contributed by atoms with Crippen molar-refractivity contribution in [1.29, 1.82) is 0 Å². The van der Waals surface area contributed by atoms with Crippen LogP contribution in [0.15, 0.2) is 0 Å². The number of rotatable bonds is 3. The summed E-state index contributed by atoms with van der Waals surface area (Å²) in [5, 5.41) is 17.6. The number of aliphatic hydroxyl groups excluding tert-OH is 2. The van der Waals surface area contributed by atoms with E-state index in [1.165, 1.54) is 0 Å². The SMILES string of the molecule is OCCN1CCCC(CO)C1. The largest absolute Gasteiger partial charge is 0.396 e. The summed E-state index contributed by atoms with van der Waals surface area (Å²) in [6, 6.07) is 0. The van der Waals surface area contributed by atoms with Gasteiger partial charge in [0.15, 0.2) is 0 Å². The minimum absolute atomic E-state index is 0.234. The van der Waals surface area contributed by atoms with E-state index >= 15 is 0 Å². The summed E-state index contributed by atoms with van der Waals surface area (Å²) in [5.74, 6) is 0.440. The van der Waals surface area contributed by atoms with Gasteiger partial charge in [0, 0.05) is 19.7 Å². The van der Waals surface area contributed by atoms with Gasteiger partial charge >= 0.3 is 0 Å². The van der Waals surface area contributed by atoms with Gasteiger partial charge in [-0.3, -0.25) is 0 Å². The summed E-state index contributed by atoms with van der Waals surface area (Å²) in [5.41, 5.74) is 0. The lowest BCUT2D eigenvalue weighted by Crippen LogP contribution is -2.38. The molecule has 0 bridgehead atoms. The zero-order chi connectivity index (χ0) is 8.10. The van der Waals surface area contributed by atoms with Crippen LogP contribution in [0.2, 0.25) is 0 Å². The zero-order valence-electron chi connectivity index (χ0n) is 6.87. The molecule has 3 nitrogen and oxygen atoms in total. The Balaban J connectivity index is 2.21. The van der Waals surface area contributed by atoms with Crippen LogP contribution in [0, 0.1) is 5.92 Å². The fourth-order valence-electron chi connectivity index (χ4n) is 1.64. The maximum Gasteiger partial charge on any atom is 0.0558 e. The molecule has 0 radical (unpaired) electrons. The highest BCUT2D eigenvalue weighted by atomic mass is 16.3. The van der Waals surface area contributed by atoms with Gasteiger partial charge in [-0.15, -0.1) is 0 Å². The van der Waals surface area contributed by atoms with Crippen LogP contribution >= 0.6 is 0 Å². The first-order valence-corrected chi connectivity index (χ1v) is 4.31. The zero-order valence-corrected chi connectivity index (χ0v) is 6.87. The number of β-amino-alcohol motifs (C(OH)–C–C–N with tert-alkyl or cyclic N) is 1. The molecule has 1 atom stereocenters. The third-order valence-electron chi connectivity index (χ3n) is 2.28. The molecule has 0 aromatic heterocycles. The van der Waals surface area contributed by atoms with Crippen molar-refractivity contribution in [3.63, 3.8) is 0 Å². The standard InChI is InChI=1S/C8H17NO2/c10-5-4-9-3-1-2-8(6-9)7-11/h8,10-11H,1-7H2. The summed E-state index contributed by atoms with van der Waals surface area (Å²) in [7, 11) is 0. The highest BCUT2D eigenvalue weighted by molar-refractivity contribution is 4.71.